The predicted octanol–water partition coefficient (Wildman–Crippen LogP) is 4.17. The Bertz CT molecular complexity index is 822. The molecule has 1 atom stereocenters. The van der Waals surface area contributed by atoms with Crippen LogP contribution >= 0.6 is 0 Å². The zero-order valence-electron chi connectivity index (χ0n) is 16.8. The highest BCUT2D eigenvalue weighted by atomic mass is 19.4. The number of furan rings is 1. The lowest BCUT2D eigenvalue weighted by Gasteiger charge is -2.32. The molecule has 0 aliphatic carbocycles. The number of hydrogen-bond acceptors (Lipinski definition) is 5. The molecule has 0 saturated carbocycles. The second kappa shape index (κ2) is 9.32. The van der Waals surface area contributed by atoms with Gasteiger partial charge in [0.25, 0.3) is 0 Å². The van der Waals surface area contributed by atoms with Crippen LogP contribution in [-0.4, -0.2) is 49.8 Å². The first-order chi connectivity index (χ1) is 13.6. The third-order valence-electron chi connectivity index (χ3n) is 4.46. The van der Waals surface area contributed by atoms with Crippen LogP contribution in [0.4, 0.5) is 18.9 Å². The number of benzene rings is 1. The second-order valence-electron chi connectivity index (χ2n) is 6.59. The molecular formula is C20H25F3N2O4. The molecule has 2 aromatic rings. The minimum atomic E-state index is -5.00. The Kier molecular flexibility index (Phi) is 7.32. The van der Waals surface area contributed by atoms with Crippen molar-refractivity contribution in [3.8, 4) is 5.75 Å². The summed E-state index contributed by atoms with van der Waals surface area (Å²) in [6.07, 6.45) is -2.04. The number of hydrogen-bond donors (Lipinski definition) is 1. The van der Waals surface area contributed by atoms with Crippen LogP contribution in [0.1, 0.15) is 23.8 Å². The van der Waals surface area contributed by atoms with Gasteiger partial charge < -0.3 is 23.9 Å². The first kappa shape index (κ1) is 22.8. The van der Waals surface area contributed by atoms with E-state index in [0.29, 0.717) is 17.0 Å². The average Bonchev–Trinajstić information content (AvgIpc) is 3.18. The molecule has 0 aliphatic rings. The molecule has 1 heterocycles. The lowest BCUT2D eigenvalue weighted by Crippen LogP contribution is -2.46. The van der Waals surface area contributed by atoms with E-state index in [1.54, 1.807) is 25.4 Å². The van der Waals surface area contributed by atoms with Crippen molar-refractivity contribution >= 4 is 12.0 Å². The van der Waals surface area contributed by atoms with Gasteiger partial charge in [0.15, 0.2) is 0 Å². The van der Waals surface area contributed by atoms with Crippen molar-refractivity contribution < 1.29 is 32.2 Å². The predicted molar refractivity (Wildman–Crippen MR) is 103 cm³/mol. The molecule has 1 N–H and O–H groups in total. The third-order valence-corrected chi connectivity index (χ3v) is 4.46. The fourth-order valence-corrected chi connectivity index (χ4v) is 2.56. The lowest BCUT2D eigenvalue weighted by molar-refractivity contribution is -0.283. The van der Waals surface area contributed by atoms with Crippen molar-refractivity contribution in [3.63, 3.8) is 0 Å². The van der Waals surface area contributed by atoms with E-state index in [9.17, 15) is 18.3 Å². The monoisotopic (exact) mass is 414 g/mol. The summed E-state index contributed by atoms with van der Waals surface area (Å²) in [6.45, 7) is 3.04. The number of aryl methyl sites for hydroxylation is 1. The Morgan fingerprint density at radius 3 is 2.59 bits per heavy atom. The SMILES string of the molecule is CCN(C)C=Nc1cc(OC)c(C(O)(COCc2ccco2)C(F)(F)F)cc1C. The normalized spacial score (nSPS) is 14.2. The highest BCUT2D eigenvalue weighted by molar-refractivity contribution is 5.65. The van der Waals surface area contributed by atoms with Gasteiger partial charge in [0.1, 0.15) is 18.1 Å². The Balaban J connectivity index is 2.39. The molecule has 1 aromatic heterocycles. The molecule has 1 aromatic carbocycles. The number of halogens is 3. The van der Waals surface area contributed by atoms with Gasteiger partial charge in [-0.2, -0.15) is 13.2 Å². The maximum atomic E-state index is 13.9. The van der Waals surface area contributed by atoms with Crippen LogP contribution in [0.15, 0.2) is 39.9 Å². The molecule has 0 fully saturated rings. The maximum Gasteiger partial charge on any atom is 0.423 e. The number of methoxy groups -OCH3 is 1. The summed E-state index contributed by atoms with van der Waals surface area (Å²) < 4.78 is 56.9. The van der Waals surface area contributed by atoms with Gasteiger partial charge in [-0.1, -0.05) is 0 Å². The highest BCUT2D eigenvalue weighted by Crippen LogP contribution is 2.45. The number of nitrogens with zero attached hydrogens (tertiary/aromatic N) is 2. The summed E-state index contributed by atoms with van der Waals surface area (Å²) in [5.74, 6) is 0.214. The largest absolute Gasteiger partial charge is 0.496 e. The molecule has 160 valence electrons. The fraction of sp³-hybridized carbons (Fsp3) is 0.450. The summed E-state index contributed by atoms with van der Waals surface area (Å²) >= 11 is 0. The molecule has 2 rings (SSSR count). The number of ether oxygens (including phenoxy) is 2. The zero-order valence-corrected chi connectivity index (χ0v) is 16.8. The quantitative estimate of drug-likeness (QED) is 0.493. The topological polar surface area (TPSA) is 67.4 Å². The Labute approximate surface area is 167 Å². The lowest BCUT2D eigenvalue weighted by atomic mass is 9.91. The standard InChI is InChI=1S/C20H25F3N2O4/c1-5-25(3)13-24-17-10-18(27-4)16(9-14(17)2)19(26,20(21,22)23)12-28-11-15-7-6-8-29-15/h6-10,13,26H,5,11-12H2,1-4H3. The van der Waals surface area contributed by atoms with E-state index in [1.165, 1.54) is 25.5 Å². The molecule has 0 radical (unpaired) electrons. The van der Waals surface area contributed by atoms with Crippen LogP contribution in [0.3, 0.4) is 0 Å². The van der Waals surface area contributed by atoms with Crippen molar-refractivity contribution in [2.24, 2.45) is 4.99 Å². The van der Waals surface area contributed by atoms with Crippen molar-refractivity contribution in [2.45, 2.75) is 32.2 Å². The molecular weight excluding hydrogens is 389 g/mol. The van der Waals surface area contributed by atoms with E-state index < -0.39 is 23.9 Å². The minimum Gasteiger partial charge on any atom is -0.496 e. The van der Waals surface area contributed by atoms with Crippen LogP contribution in [0, 0.1) is 6.92 Å². The van der Waals surface area contributed by atoms with E-state index in [-0.39, 0.29) is 12.4 Å². The molecule has 0 saturated heterocycles. The molecule has 0 amide bonds. The summed E-state index contributed by atoms with van der Waals surface area (Å²) in [5, 5.41) is 10.6. The number of aliphatic hydroxyl groups is 1. The average molecular weight is 414 g/mol. The van der Waals surface area contributed by atoms with E-state index in [0.717, 1.165) is 6.54 Å². The molecule has 6 nitrogen and oxygen atoms in total. The number of aliphatic imine (C=N–C) groups is 1. The molecule has 29 heavy (non-hydrogen) atoms. The first-order valence-corrected chi connectivity index (χ1v) is 8.95. The maximum absolute atomic E-state index is 13.9. The second-order valence-corrected chi connectivity index (χ2v) is 6.59. The summed E-state index contributed by atoms with van der Waals surface area (Å²) in [6, 6.07) is 5.75. The van der Waals surface area contributed by atoms with Crippen molar-refractivity contribution in [1.82, 2.24) is 4.90 Å². The molecule has 1 unspecified atom stereocenters. The van der Waals surface area contributed by atoms with Gasteiger partial charge in [-0.05, 0) is 37.6 Å². The van der Waals surface area contributed by atoms with Crippen molar-refractivity contribution in [3.05, 3.63) is 47.4 Å². The third kappa shape index (κ3) is 5.30. The molecule has 0 spiro atoms. The number of rotatable bonds is 9. The van der Waals surface area contributed by atoms with Gasteiger partial charge in [0, 0.05) is 25.2 Å². The van der Waals surface area contributed by atoms with Crippen LogP contribution in [0.2, 0.25) is 0 Å². The van der Waals surface area contributed by atoms with E-state index >= 15 is 0 Å². The van der Waals surface area contributed by atoms with Crippen molar-refractivity contribution in [1.29, 1.82) is 0 Å². The van der Waals surface area contributed by atoms with Crippen molar-refractivity contribution in [2.75, 3.05) is 27.3 Å². The van der Waals surface area contributed by atoms with Crippen LogP contribution in [0.5, 0.6) is 5.75 Å². The summed E-state index contributed by atoms with van der Waals surface area (Å²) in [4.78, 5) is 6.09. The van der Waals surface area contributed by atoms with Crippen LogP contribution < -0.4 is 4.74 Å². The minimum absolute atomic E-state index is 0.136. The van der Waals surface area contributed by atoms with Gasteiger partial charge in [-0.3, -0.25) is 0 Å². The van der Waals surface area contributed by atoms with Gasteiger partial charge in [-0.15, -0.1) is 0 Å². The smallest absolute Gasteiger partial charge is 0.423 e. The molecule has 0 aliphatic heterocycles. The molecule has 9 heteroatoms. The number of alkyl halides is 3. The summed E-state index contributed by atoms with van der Waals surface area (Å²) in [7, 11) is 3.06. The fourth-order valence-electron chi connectivity index (χ4n) is 2.56. The van der Waals surface area contributed by atoms with E-state index in [4.69, 9.17) is 13.9 Å². The van der Waals surface area contributed by atoms with Crippen LogP contribution in [0.25, 0.3) is 0 Å². The Hall–Kier alpha value is -2.52. The van der Waals surface area contributed by atoms with Gasteiger partial charge in [-0.25, -0.2) is 4.99 Å². The first-order valence-electron chi connectivity index (χ1n) is 8.95. The Morgan fingerprint density at radius 1 is 1.31 bits per heavy atom. The molecule has 0 bridgehead atoms. The Morgan fingerprint density at radius 2 is 2.03 bits per heavy atom. The van der Waals surface area contributed by atoms with Gasteiger partial charge in [0.05, 0.1) is 32.0 Å². The van der Waals surface area contributed by atoms with Gasteiger partial charge >= 0.3 is 6.18 Å². The zero-order chi connectivity index (χ0) is 21.7. The van der Waals surface area contributed by atoms with Crippen LogP contribution in [-0.2, 0) is 16.9 Å². The van der Waals surface area contributed by atoms with E-state index in [2.05, 4.69) is 4.99 Å². The van der Waals surface area contributed by atoms with E-state index in [1.807, 2.05) is 18.9 Å². The van der Waals surface area contributed by atoms with Gasteiger partial charge in [0.2, 0.25) is 5.60 Å². The summed E-state index contributed by atoms with van der Waals surface area (Å²) in [5.41, 5.74) is -2.81. The highest BCUT2D eigenvalue weighted by Gasteiger charge is 2.57.